The number of amides is 1. The highest BCUT2D eigenvalue weighted by Crippen LogP contribution is 2.24. The number of nitrogens with zero attached hydrogens (tertiary/aromatic N) is 3. The lowest BCUT2D eigenvalue weighted by molar-refractivity contribution is -0.118. The SMILES string of the molecule is CCc1ccc(C(CNC(=O)CSc2nnc(-c3ccc(Cl)cc3)o2)N(C)C)cc1. The van der Waals surface area contributed by atoms with E-state index in [4.69, 9.17) is 16.0 Å². The van der Waals surface area contributed by atoms with Crippen LogP contribution in [0, 0.1) is 0 Å². The Bertz CT molecular complexity index is 958. The van der Waals surface area contributed by atoms with Gasteiger partial charge in [-0.05, 0) is 55.9 Å². The lowest BCUT2D eigenvalue weighted by atomic mass is 10.0. The highest BCUT2D eigenvalue weighted by atomic mass is 35.5. The summed E-state index contributed by atoms with van der Waals surface area (Å²) in [6.07, 6.45) is 1.01. The normalized spacial score (nSPS) is 12.2. The maximum Gasteiger partial charge on any atom is 0.277 e. The molecule has 30 heavy (non-hydrogen) atoms. The van der Waals surface area contributed by atoms with Gasteiger partial charge in [0.1, 0.15) is 0 Å². The minimum absolute atomic E-state index is 0.0803. The first-order chi connectivity index (χ1) is 14.5. The fourth-order valence-electron chi connectivity index (χ4n) is 2.94. The van der Waals surface area contributed by atoms with E-state index in [2.05, 4.69) is 51.6 Å². The minimum Gasteiger partial charge on any atom is -0.411 e. The van der Waals surface area contributed by atoms with Gasteiger partial charge in [-0.15, -0.1) is 10.2 Å². The van der Waals surface area contributed by atoms with Gasteiger partial charge in [-0.1, -0.05) is 54.6 Å². The third kappa shape index (κ3) is 6.08. The van der Waals surface area contributed by atoms with Crippen LogP contribution >= 0.6 is 23.4 Å². The summed E-state index contributed by atoms with van der Waals surface area (Å²) in [6.45, 7) is 2.66. The average molecular weight is 445 g/mol. The van der Waals surface area contributed by atoms with Gasteiger partial charge in [0.2, 0.25) is 11.8 Å². The van der Waals surface area contributed by atoms with Crippen molar-refractivity contribution in [3.63, 3.8) is 0 Å². The largest absolute Gasteiger partial charge is 0.411 e. The molecule has 1 N–H and O–H groups in total. The predicted molar refractivity (Wildman–Crippen MR) is 121 cm³/mol. The van der Waals surface area contributed by atoms with Crippen molar-refractivity contribution in [2.45, 2.75) is 24.6 Å². The molecule has 1 unspecified atom stereocenters. The number of rotatable bonds is 9. The smallest absolute Gasteiger partial charge is 0.277 e. The minimum atomic E-state index is -0.0803. The van der Waals surface area contributed by atoms with Gasteiger partial charge in [0, 0.05) is 17.1 Å². The number of benzene rings is 2. The van der Waals surface area contributed by atoms with Crippen LogP contribution in [-0.4, -0.2) is 47.4 Å². The molecule has 0 aliphatic carbocycles. The summed E-state index contributed by atoms with van der Waals surface area (Å²) in [6, 6.07) is 15.8. The predicted octanol–water partition coefficient (Wildman–Crippen LogP) is 4.46. The Morgan fingerprint density at radius 1 is 1.13 bits per heavy atom. The van der Waals surface area contributed by atoms with Gasteiger partial charge in [-0.25, -0.2) is 0 Å². The second kappa shape index (κ2) is 10.6. The zero-order valence-electron chi connectivity index (χ0n) is 17.3. The Hall–Kier alpha value is -2.35. The first kappa shape index (κ1) is 22.3. The molecule has 8 heteroatoms. The lowest BCUT2D eigenvalue weighted by Crippen LogP contribution is -2.35. The van der Waals surface area contributed by atoms with Crippen LogP contribution in [0.25, 0.3) is 11.5 Å². The Morgan fingerprint density at radius 3 is 2.47 bits per heavy atom. The summed E-state index contributed by atoms with van der Waals surface area (Å²) in [7, 11) is 4.02. The number of nitrogens with one attached hydrogen (secondary N) is 1. The summed E-state index contributed by atoms with van der Waals surface area (Å²) >= 11 is 7.11. The Kier molecular flexibility index (Phi) is 7.90. The second-order valence-corrected chi connectivity index (χ2v) is 8.41. The zero-order valence-corrected chi connectivity index (χ0v) is 18.8. The van der Waals surface area contributed by atoms with Crippen LogP contribution in [0.15, 0.2) is 58.2 Å². The molecule has 0 aliphatic heterocycles. The third-order valence-corrected chi connectivity index (χ3v) is 5.78. The van der Waals surface area contributed by atoms with E-state index < -0.39 is 0 Å². The van der Waals surface area contributed by atoms with Crippen LogP contribution < -0.4 is 5.32 Å². The van der Waals surface area contributed by atoms with Crippen molar-refractivity contribution in [1.29, 1.82) is 0 Å². The third-order valence-electron chi connectivity index (χ3n) is 4.71. The van der Waals surface area contributed by atoms with E-state index in [9.17, 15) is 4.79 Å². The van der Waals surface area contributed by atoms with Gasteiger partial charge in [-0.2, -0.15) is 0 Å². The van der Waals surface area contributed by atoms with Crippen molar-refractivity contribution in [2.24, 2.45) is 0 Å². The molecule has 6 nitrogen and oxygen atoms in total. The molecule has 158 valence electrons. The van der Waals surface area contributed by atoms with E-state index in [1.165, 1.54) is 22.9 Å². The summed E-state index contributed by atoms with van der Waals surface area (Å²) in [5.74, 6) is 0.526. The molecular formula is C22H25ClN4O2S. The molecule has 0 fully saturated rings. The molecule has 1 amide bonds. The van der Waals surface area contributed by atoms with Gasteiger partial charge in [0.25, 0.3) is 5.22 Å². The van der Waals surface area contributed by atoms with Crippen LogP contribution in [0.1, 0.15) is 24.1 Å². The molecule has 0 bridgehead atoms. The molecule has 0 spiro atoms. The van der Waals surface area contributed by atoms with Crippen LogP contribution in [0.2, 0.25) is 5.02 Å². The number of thioether (sulfide) groups is 1. The highest BCUT2D eigenvalue weighted by molar-refractivity contribution is 7.99. The Labute approximate surface area is 186 Å². The summed E-state index contributed by atoms with van der Waals surface area (Å²) in [4.78, 5) is 14.4. The molecular weight excluding hydrogens is 420 g/mol. The molecule has 0 saturated heterocycles. The van der Waals surface area contributed by atoms with Gasteiger partial charge >= 0.3 is 0 Å². The standard InChI is InChI=1S/C22H25ClN4O2S/c1-4-15-5-7-16(8-6-15)19(27(2)3)13-24-20(28)14-30-22-26-25-21(29-22)17-9-11-18(23)12-10-17/h5-12,19H,4,13-14H2,1-3H3,(H,24,28). The zero-order chi connectivity index (χ0) is 21.5. The lowest BCUT2D eigenvalue weighted by Gasteiger charge is -2.25. The van der Waals surface area contributed by atoms with Crippen molar-refractivity contribution in [1.82, 2.24) is 20.4 Å². The molecule has 0 aliphatic rings. The quantitative estimate of drug-likeness (QED) is 0.491. The number of carbonyl (C=O) groups excluding carboxylic acids is 1. The fourth-order valence-corrected chi connectivity index (χ4v) is 3.66. The van der Waals surface area contributed by atoms with E-state index in [0.717, 1.165) is 12.0 Å². The number of aryl methyl sites for hydroxylation is 1. The molecule has 2 aromatic carbocycles. The summed E-state index contributed by atoms with van der Waals surface area (Å²) in [5, 5.41) is 12.0. The van der Waals surface area contributed by atoms with Crippen molar-refractivity contribution >= 4 is 29.3 Å². The van der Waals surface area contributed by atoms with Gasteiger partial charge in [0.05, 0.1) is 11.8 Å². The fraction of sp³-hybridized carbons (Fsp3) is 0.318. The Balaban J connectivity index is 1.51. The van der Waals surface area contributed by atoms with Crippen LogP contribution in [-0.2, 0) is 11.2 Å². The van der Waals surface area contributed by atoms with E-state index in [1.807, 2.05) is 26.2 Å². The van der Waals surface area contributed by atoms with Gasteiger partial charge in [-0.3, -0.25) is 4.79 Å². The van der Waals surface area contributed by atoms with Crippen molar-refractivity contribution in [3.05, 3.63) is 64.7 Å². The van der Waals surface area contributed by atoms with E-state index in [-0.39, 0.29) is 17.7 Å². The Morgan fingerprint density at radius 2 is 1.83 bits per heavy atom. The van der Waals surface area contributed by atoms with E-state index in [1.54, 1.807) is 12.1 Å². The number of hydrogen-bond acceptors (Lipinski definition) is 6. The van der Waals surface area contributed by atoms with Crippen molar-refractivity contribution < 1.29 is 9.21 Å². The molecule has 0 saturated carbocycles. The van der Waals surface area contributed by atoms with Crippen molar-refractivity contribution in [2.75, 3.05) is 26.4 Å². The van der Waals surface area contributed by atoms with Gasteiger partial charge in [0.15, 0.2) is 0 Å². The molecule has 1 atom stereocenters. The van der Waals surface area contributed by atoms with Crippen LogP contribution in [0.4, 0.5) is 0 Å². The number of aromatic nitrogens is 2. The second-order valence-electron chi connectivity index (χ2n) is 7.05. The summed E-state index contributed by atoms with van der Waals surface area (Å²) in [5.41, 5.74) is 3.26. The average Bonchev–Trinajstić information content (AvgIpc) is 3.22. The number of likely N-dealkylation sites (N-methyl/N-ethyl adjacent to an activating group) is 1. The topological polar surface area (TPSA) is 71.3 Å². The molecule has 3 aromatic rings. The van der Waals surface area contributed by atoms with Crippen LogP contribution in [0.5, 0.6) is 0 Å². The number of carbonyl (C=O) groups is 1. The monoisotopic (exact) mass is 444 g/mol. The van der Waals surface area contributed by atoms with Crippen molar-refractivity contribution in [3.8, 4) is 11.5 Å². The number of halogens is 1. The van der Waals surface area contributed by atoms with Crippen LogP contribution in [0.3, 0.4) is 0 Å². The first-order valence-corrected chi connectivity index (χ1v) is 11.1. The number of hydrogen-bond donors (Lipinski definition) is 1. The molecule has 1 aromatic heterocycles. The van der Waals surface area contributed by atoms with E-state index >= 15 is 0 Å². The molecule has 3 rings (SSSR count). The summed E-state index contributed by atoms with van der Waals surface area (Å²) < 4.78 is 5.62. The van der Waals surface area contributed by atoms with Gasteiger partial charge < -0.3 is 14.6 Å². The molecule has 1 heterocycles. The maximum absolute atomic E-state index is 12.3. The van der Waals surface area contributed by atoms with E-state index in [0.29, 0.717) is 22.7 Å². The molecule has 0 radical (unpaired) electrons. The maximum atomic E-state index is 12.3. The first-order valence-electron chi connectivity index (χ1n) is 9.70. The highest BCUT2D eigenvalue weighted by Gasteiger charge is 2.16.